The molecule has 2 saturated heterocycles. The number of imide groups is 1. The maximum atomic E-state index is 14.4. The summed E-state index contributed by atoms with van der Waals surface area (Å²) in [5.41, 5.74) is 1.55. The van der Waals surface area contributed by atoms with Crippen LogP contribution >= 0.6 is 11.8 Å². The van der Waals surface area contributed by atoms with Crippen molar-refractivity contribution in [1.82, 2.24) is 0 Å². The summed E-state index contributed by atoms with van der Waals surface area (Å²) in [5.74, 6) is -2.42. The predicted octanol–water partition coefficient (Wildman–Crippen LogP) is 4.60. The van der Waals surface area contributed by atoms with Gasteiger partial charge < -0.3 is 0 Å². The van der Waals surface area contributed by atoms with Crippen molar-refractivity contribution >= 4 is 35.0 Å². The molecule has 0 unspecified atom stereocenters. The molecule has 2 fully saturated rings. The highest BCUT2D eigenvalue weighted by Gasteiger charge is 2.60. The number of hydrogen-bond acceptors (Lipinski definition) is 5. The van der Waals surface area contributed by atoms with E-state index in [4.69, 9.17) is 4.84 Å². The van der Waals surface area contributed by atoms with Crippen molar-refractivity contribution < 1.29 is 18.8 Å². The van der Waals surface area contributed by atoms with Crippen molar-refractivity contribution in [3.8, 4) is 0 Å². The largest absolute Gasteiger partial charge is 0.273 e. The standard InChI is InChI=1S/C24H19FN2O3S/c1-31-17-13-11-15(12-14-17)21-20-22(30-27(21)16-7-3-2-4-8-16)24(29)26(23(20)28)19-10-6-5-9-18(19)25/h2-14,20-22H,1H3/t20-,21+,22-/m1/s1. The Balaban J connectivity index is 1.59. The lowest BCUT2D eigenvalue weighted by molar-refractivity contribution is -0.126. The first kappa shape index (κ1) is 19.8. The van der Waals surface area contributed by atoms with Gasteiger partial charge in [0.15, 0.2) is 6.10 Å². The summed E-state index contributed by atoms with van der Waals surface area (Å²) in [4.78, 5) is 34.7. The van der Waals surface area contributed by atoms with Crippen molar-refractivity contribution in [2.75, 3.05) is 16.2 Å². The summed E-state index contributed by atoms with van der Waals surface area (Å²) < 4.78 is 14.4. The number of rotatable bonds is 4. The summed E-state index contributed by atoms with van der Waals surface area (Å²) in [7, 11) is 0. The Morgan fingerprint density at radius 3 is 2.23 bits per heavy atom. The SMILES string of the molecule is CSc1ccc([C@H]2[C@H]3C(=O)N(c4ccccc4F)C(=O)[C@@H]3ON2c2ccccc2)cc1. The second-order valence-corrected chi connectivity index (χ2v) is 8.27. The highest BCUT2D eigenvalue weighted by Crippen LogP contribution is 2.47. The molecule has 156 valence electrons. The Morgan fingerprint density at radius 2 is 1.55 bits per heavy atom. The summed E-state index contributed by atoms with van der Waals surface area (Å²) in [6, 6.07) is 22.5. The van der Waals surface area contributed by atoms with Crippen LogP contribution in [0.1, 0.15) is 11.6 Å². The number of nitrogens with zero attached hydrogens (tertiary/aromatic N) is 2. The monoisotopic (exact) mass is 434 g/mol. The fraction of sp³-hybridized carbons (Fsp3) is 0.167. The zero-order valence-electron chi connectivity index (χ0n) is 16.6. The Labute approximate surface area is 183 Å². The third-order valence-corrected chi connectivity index (χ3v) is 6.42. The van der Waals surface area contributed by atoms with Gasteiger partial charge in [0.05, 0.1) is 17.4 Å². The number of halogens is 1. The molecule has 2 amide bonds. The van der Waals surface area contributed by atoms with Crippen LogP contribution in [0.15, 0.2) is 83.8 Å². The molecular formula is C24H19FN2O3S. The molecule has 5 rings (SSSR count). The minimum atomic E-state index is -1.02. The molecule has 0 spiro atoms. The number of thioether (sulfide) groups is 1. The van der Waals surface area contributed by atoms with Gasteiger partial charge in [0.1, 0.15) is 11.7 Å². The molecular weight excluding hydrogens is 415 g/mol. The van der Waals surface area contributed by atoms with Crippen LogP contribution in [0.3, 0.4) is 0 Å². The summed E-state index contributed by atoms with van der Waals surface area (Å²) >= 11 is 1.62. The van der Waals surface area contributed by atoms with Crippen LogP contribution in [0.25, 0.3) is 0 Å². The average molecular weight is 434 g/mol. The maximum absolute atomic E-state index is 14.4. The molecule has 0 bridgehead atoms. The third-order valence-electron chi connectivity index (χ3n) is 5.68. The van der Waals surface area contributed by atoms with Crippen molar-refractivity contribution in [2.24, 2.45) is 5.92 Å². The number of amides is 2. The fourth-order valence-electron chi connectivity index (χ4n) is 4.22. The highest BCUT2D eigenvalue weighted by atomic mass is 32.2. The molecule has 2 aliphatic heterocycles. The van der Waals surface area contributed by atoms with Gasteiger partial charge in [-0.3, -0.25) is 14.4 Å². The van der Waals surface area contributed by atoms with Crippen LogP contribution in [0, 0.1) is 11.7 Å². The van der Waals surface area contributed by atoms with Gasteiger partial charge in [-0.1, -0.05) is 42.5 Å². The topological polar surface area (TPSA) is 49.9 Å². The molecule has 7 heteroatoms. The molecule has 3 atom stereocenters. The lowest BCUT2D eigenvalue weighted by atomic mass is 9.90. The van der Waals surface area contributed by atoms with Crippen LogP contribution in [0.4, 0.5) is 15.8 Å². The van der Waals surface area contributed by atoms with E-state index in [1.54, 1.807) is 22.9 Å². The van der Waals surface area contributed by atoms with Crippen LogP contribution in [0.2, 0.25) is 0 Å². The second kappa shape index (κ2) is 7.83. The smallest absolute Gasteiger partial charge is 0.266 e. The number of benzene rings is 3. The molecule has 0 aliphatic carbocycles. The van der Waals surface area contributed by atoms with E-state index in [1.165, 1.54) is 18.2 Å². The van der Waals surface area contributed by atoms with Crippen molar-refractivity contribution in [3.63, 3.8) is 0 Å². The van der Waals surface area contributed by atoms with Crippen LogP contribution in [0.5, 0.6) is 0 Å². The quantitative estimate of drug-likeness (QED) is 0.444. The van der Waals surface area contributed by atoms with Gasteiger partial charge >= 0.3 is 0 Å². The number of carbonyl (C=O) groups excluding carboxylic acids is 2. The Bertz CT molecular complexity index is 1140. The molecule has 5 nitrogen and oxygen atoms in total. The Hall–Kier alpha value is -3.16. The van der Waals surface area contributed by atoms with Gasteiger partial charge in [0, 0.05) is 4.90 Å². The molecule has 0 aromatic heterocycles. The van der Waals surface area contributed by atoms with Crippen LogP contribution in [-0.4, -0.2) is 24.2 Å². The first-order chi connectivity index (χ1) is 15.1. The number of fused-ring (bicyclic) bond motifs is 1. The number of hydroxylamine groups is 1. The maximum Gasteiger partial charge on any atom is 0.266 e. The lowest BCUT2D eigenvalue weighted by Gasteiger charge is -2.29. The molecule has 0 saturated carbocycles. The van der Waals surface area contributed by atoms with Gasteiger partial charge in [-0.05, 0) is 48.2 Å². The Morgan fingerprint density at radius 1 is 0.871 bits per heavy atom. The van der Waals surface area contributed by atoms with Gasteiger partial charge in [-0.25, -0.2) is 14.4 Å². The second-order valence-electron chi connectivity index (χ2n) is 7.39. The minimum absolute atomic E-state index is 0.0433. The zero-order chi connectivity index (χ0) is 21.5. The zero-order valence-corrected chi connectivity index (χ0v) is 17.5. The first-order valence-corrected chi connectivity index (χ1v) is 11.1. The number of anilines is 2. The molecule has 2 heterocycles. The Kier molecular flexibility index (Phi) is 5.00. The van der Waals surface area contributed by atoms with E-state index in [2.05, 4.69) is 0 Å². The number of carbonyl (C=O) groups is 2. The van der Waals surface area contributed by atoms with E-state index in [-0.39, 0.29) is 5.69 Å². The number of hydrogen-bond donors (Lipinski definition) is 0. The average Bonchev–Trinajstić information content (AvgIpc) is 3.31. The summed E-state index contributed by atoms with van der Waals surface area (Å²) in [6.45, 7) is 0. The van der Waals surface area contributed by atoms with E-state index < -0.39 is 35.7 Å². The predicted molar refractivity (Wildman–Crippen MR) is 117 cm³/mol. The molecule has 3 aromatic carbocycles. The number of para-hydroxylation sites is 2. The normalized spacial score (nSPS) is 22.8. The summed E-state index contributed by atoms with van der Waals surface area (Å²) in [5, 5.41) is 1.64. The lowest BCUT2D eigenvalue weighted by Crippen LogP contribution is -2.37. The van der Waals surface area contributed by atoms with Crippen LogP contribution in [-0.2, 0) is 14.4 Å². The van der Waals surface area contributed by atoms with Gasteiger partial charge in [0.2, 0.25) is 5.91 Å². The van der Waals surface area contributed by atoms with Crippen molar-refractivity contribution in [3.05, 3.63) is 90.2 Å². The first-order valence-electron chi connectivity index (χ1n) is 9.87. The highest BCUT2D eigenvalue weighted by molar-refractivity contribution is 7.98. The third kappa shape index (κ3) is 3.21. The van der Waals surface area contributed by atoms with Gasteiger partial charge in [-0.2, -0.15) is 0 Å². The van der Waals surface area contributed by atoms with E-state index in [1.807, 2.05) is 60.9 Å². The van der Waals surface area contributed by atoms with Crippen molar-refractivity contribution in [2.45, 2.75) is 17.0 Å². The summed E-state index contributed by atoms with van der Waals surface area (Å²) in [6.07, 6.45) is 0.975. The van der Waals surface area contributed by atoms with E-state index in [9.17, 15) is 14.0 Å². The van der Waals surface area contributed by atoms with E-state index in [0.29, 0.717) is 0 Å². The minimum Gasteiger partial charge on any atom is -0.273 e. The molecule has 3 aromatic rings. The van der Waals surface area contributed by atoms with Crippen LogP contribution < -0.4 is 9.96 Å². The molecule has 0 N–H and O–H groups in total. The van der Waals surface area contributed by atoms with Gasteiger partial charge in [-0.15, -0.1) is 11.8 Å². The van der Waals surface area contributed by atoms with E-state index in [0.717, 1.165) is 21.0 Å². The molecule has 2 aliphatic rings. The molecule has 31 heavy (non-hydrogen) atoms. The van der Waals surface area contributed by atoms with E-state index >= 15 is 0 Å². The fourth-order valence-corrected chi connectivity index (χ4v) is 4.63. The molecule has 0 radical (unpaired) electrons. The van der Waals surface area contributed by atoms with Gasteiger partial charge in [0.25, 0.3) is 5.91 Å². The van der Waals surface area contributed by atoms with Crippen molar-refractivity contribution in [1.29, 1.82) is 0 Å².